The van der Waals surface area contributed by atoms with Crippen molar-refractivity contribution in [2.75, 3.05) is 27.3 Å². The second-order valence-corrected chi connectivity index (χ2v) is 4.95. The van der Waals surface area contributed by atoms with E-state index < -0.39 is 0 Å². The Balaban J connectivity index is 1.76. The molecule has 1 aliphatic rings. The lowest BCUT2D eigenvalue weighted by molar-refractivity contribution is -0.122. The van der Waals surface area contributed by atoms with Crippen LogP contribution in [0.25, 0.3) is 0 Å². The van der Waals surface area contributed by atoms with E-state index in [2.05, 4.69) is 10.6 Å². The fourth-order valence-electron chi connectivity index (χ4n) is 2.38. The fourth-order valence-corrected chi connectivity index (χ4v) is 2.38. The Bertz CT molecular complexity index is 433. The molecule has 1 unspecified atom stereocenters. The molecule has 5 nitrogen and oxygen atoms in total. The van der Waals surface area contributed by atoms with Gasteiger partial charge in [-0.15, -0.1) is 0 Å². The van der Waals surface area contributed by atoms with Crippen molar-refractivity contribution in [3.63, 3.8) is 0 Å². The van der Waals surface area contributed by atoms with Gasteiger partial charge in [-0.05, 0) is 24.1 Å². The van der Waals surface area contributed by atoms with Crippen molar-refractivity contribution in [1.82, 2.24) is 10.6 Å². The van der Waals surface area contributed by atoms with Gasteiger partial charge in [-0.2, -0.15) is 0 Å². The van der Waals surface area contributed by atoms with Crippen molar-refractivity contribution >= 4 is 5.91 Å². The molecule has 0 spiro atoms. The van der Waals surface area contributed by atoms with E-state index in [1.54, 1.807) is 14.2 Å². The Morgan fingerprint density at radius 2 is 2.05 bits per heavy atom. The normalized spacial score (nSPS) is 21.7. The zero-order valence-corrected chi connectivity index (χ0v) is 12.0. The monoisotopic (exact) mass is 278 g/mol. The molecule has 0 aliphatic carbocycles. The van der Waals surface area contributed by atoms with Crippen molar-refractivity contribution in [2.24, 2.45) is 0 Å². The summed E-state index contributed by atoms with van der Waals surface area (Å²) in [6.45, 7) is 1.56. The summed E-state index contributed by atoms with van der Waals surface area (Å²) < 4.78 is 10.4. The largest absolute Gasteiger partial charge is 0.497 e. The predicted molar refractivity (Wildman–Crippen MR) is 76.9 cm³/mol. The van der Waals surface area contributed by atoms with Gasteiger partial charge in [0.05, 0.1) is 19.3 Å². The molecule has 2 rings (SSSR count). The number of carbonyl (C=O) groups is 1. The Kier molecular flexibility index (Phi) is 5.38. The van der Waals surface area contributed by atoms with Crippen molar-refractivity contribution in [1.29, 1.82) is 0 Å². The summed E-state index contributed by atoms with van der Waals surface area (Å²) in [6.07, 6.45) is 1.28. The molecule has 1 saturated heterocycles. The van der Waals surface area contributed by atoms with Gasteiger partial charge in [-0.25, -0.2) is 0 Å². The highest BCUT2D eigenvalue weighted by Crippen LogP contribution is 2.12. The van der Waals surface area contributed by atoms with Crippen LogP contribution < -0.4 is 15.4 Å². The average Bonchev–Trinajstić information content (AvgIpc) is 2.92. The second kappa shape index (κ2) is 7.26. The van der Waals surface area contributed by atoms with Gasteiger partial charge in [-0.3, -0.25) is 4.79 Å². The molecule has 1 heterocycles. The number of benzene rings is 1. The van der Waals surface area contributed by atoms with Crippen LogP contribution in [-0.4, -0.2) is 45.4 Å². The molecule has 1 aromatic rings. The lowest BCUT2D eigenvalue weighted by atomic mass is 10.1. The molecule has 2 atom stereocenters. The third-order valence-electron chi connectivity index (χ3n) is 3.61. The fraction of sp³-hybridized carbons (Fsp3) is 0.533. The summed E-state index contributed by atoms with van der Waals surface area (Å²) in [5, 5.41) is 6.23. The van der Waals surface area contributed by atoms with Crippen molar-refractivity contribution in [3.8, 4) is 5.75 Å². The second-order valence-electron chi connectivity index (χ2n) is 4.95. The zero-order chi connectivity index (χ0) is 14.4. The van der Waals surface area contributed by atoms with E-state index in [-0.39, 0.29) is 18.1 Å². The van der Waals surface area contributed by atoms with E-state index in [1.807, 2.05) is 24.3 Å². The minimum absolute atomic E-state index is 0.0663. The van der Waals surface area contributed by atoms with Gasteiger partial charge in [-0.1, -0.05) is 12.1 Å². The van der Waals surface area contributed by atoms with Gasteiger partial charge in [0.2, 0.25) is 5.91 Å². The predicted octanol–water partition coefficient (Wildman–Crippen LogP) is 0.731. The van der Waals surface area contributed by atoms with Gasteiger partial charge in [0.1, 0.15) is 5.75 Å². The molecule has 2 N–H and O–H groups in total. The minimum Gasteiger partial charge on any atom is -0.497 e. The summed E-state index contributed by atoms with van der Waals surface area (Å²) in [6, 6.07) is 7.87. The molecular formula is C15H22N2O3. The number of methoxy groups -OCH3 is 2. The SMILES string of the molecule is COc1ccc(CCC(=O)NC2CNC[C@@H]2OC)cc1. The topological polar surface area (TPSA) is 59.6 Å². The lowest BCUT2D eigenvalue weighted by Gasteiger charge is -2.18. The molecule has 1 fully saturated rings. The first-order valence-corrected chi connectivity index (χ1v) is 6.88. The number of rotatable bonds is 6. The molecule has 1 aromatic carbocycles. The molecular weight excluding hydrogens is 256 g/mol. The maximum absolute atomic E-state index is 11.9. The smallest absolute Gasteiger partial charge is 0.220 e. The molecule has 0 bridgehead atoms. The Morgan fingerprint density at radius 3 is 2.70 bits per heavy atom. The maximum Gasteiger partial charge on any atom is 0.220 e. The van der Waals surface area contributed by atoms with Gasteiger partial charge < -0.3 is 20.1 Å². The molecule has 5 heteroatoms. The quantitative estimate of drug-likeness (QED) is 0.805. The van der Waals surface area contributed by atoms with Gasteiger partial charge in [0.25, 0.3) is 0 Å². The first kappa shape index (κ1) is 14.8. The van der Waals surface area contributed by atoms with E-state index in [4.69, 9.17) is 9.47 Å². The Morgan fingerprint density at radius 1 is 1.30 bits per heavy atom. The lowest BCUT2D eigenvalue weighted by Crippen LogP contribution is -2.43. The number of hydrogen-bond acceptors (Lipinski definition) is 4. The summed E-state index contributed by atoms with van der Waals surface area (Å²) in [5.74, 6) is 0.898. The highest BCUT2D eigenvalue weighted by molar-refractivity contribution is 5.76. The highest BCUT2D eigenvalue weighted by atomic mass is 16.5. The van der Waals surface area contributed by atoms with E-state index in [0.29, 0.717) is 6.42 Å². The molecule has 1 amide bonds. The molecule has 1 aliphatic heterocycles. The van der Waals surface area contributed by atoms with E-state index >= 15 is 0 Å². The summed E-state index contributed by atoms with van der Waals surface area (Å²) in [4.78, 5) is 11.9. The summed E-state index contributed by atoms with van der Waals surface area (Å²) in [5.41, 5.74) is 1.13. The Labute approximate surface area is 119 Å². The molecule has 110 valence electrons. The van der Waals surface area contributed by atoms with Crippen LogP contribution in [0.5, 0.6) is 5.75 Å². The Hall–Kier alpha value is -1.59. The van der Waals surface area contributed by atoms with Crippen molar-refractivity contribution < 1.29 is 14.3 Å². The molecule has 20 heavy (non-hydrogen) atoms. The third kappa shape index (κ3) is 3.95. The standard InChI is InChI=1S/C15H22N2O3/c1-19-12-6-3-11(4-7-12)5-8-15(18)17-13-9-16-10-14(13)20-2/h3-4,6-7,13-14,16H,5,8-10H2,1-2H3,(H,17,18)/t13?,14-/m0/s1. The first-order valence-electron chi connectivity index (χ1n) is 6.88. The number of aryl methyl sites for hydroxylation is 1. The van der Waals surface area contributed by atoms with Crippen LogP contribution in [-0.2, 0) is 16.0 Å². The summed E-state index contributed by atoms with van der Waals surface area (Å²) >= 11 is 0. The number of nitrogens with one attached hydrogen (secondary N) is 2. The van der Waals surface area contributed by atoms with Crippen molar-refractivity contribution in [2.45, 2.75) is 25.0 Å². The van der Waals surface area contributed by atoms with Gasteiger partial charge in [0, 0.05) is 26.6 Å². The van der Waals surface area contributed by atoms with Crippen LogP contribution in [0.1, 0.15) is 12.0 Å². The van der Waals surface area contributed by atoms with Gasteiger partial charge >= 0.3 is 0 Å². The summed E-state index contributed by atoms with van der Waals surface area (Å²) in [7, 11) is 3.32. The van der Waals surface area contributed by atoms with E-state index in [0.717, 1.165) is 30.8 Å². The maximum atomic E-state index is 11.9. The minimum atomic E-state index is 0.0663. The van der Waals surface area contributed by atoms with Crippen molar-refractivity contribution in [3.05, 3.63) is 29.8 Å². The molecule has 0 radical (unpaired) electrons. The number of ether oxygens (including phenoxy) is 2. The molecule has 0 saturated carbocycles. The number of carbonyl (C=O) groups excluding carboxylic acids is 1. The molecule has 0 aromatic heterocycles. The van der Waals surface area contributed by atoms with E-state index in [9.17, 15) is 4.79 Å². The highest BCUT2D eigenvalue weighted by Gasteiger charge is 2.27. The van der Waals surface area contributed by atoms with E-state index in [1.165, 1.54) is 0 Å². The van der Waals surface area contributed by atoms with Crippen LogP contribution in [0.3, 0.4) is 0 Å². The first-order chi connectivity index (χ1) is 9.72. The number of hydrogen-bond donors (Lipinski definition) is 2. The number of amides is 1. The van der Waals surface area contributed by atoms with Crippen LogP contribution in [0.15, 0.2) is 24.3 Å². The van der Waals surface area contributed by atoms with Gasteiger partial charge in [0.15, 0.2) is 0 Å². The zero-order valence-electron chi connectivity index (χ0n) is 12.0. The van der Waals surface area contributed by atoms with Crippen LogP contribution >= 0.6 is 0 Å². The van der Waals surface area contributed by atoms with Crippen LogP contribution in [0, 0.1) is 0 Å². The average molecular weight is 278 g/mol. The van der Waals surface area contributed by atoms with Crippen LogP contribution in [0.4, 0.5) is 0 Å². The van der Waals surface area contributed by atoms with Crippen LogP contribution in [0.2, 0.25) is 0 Å². The third-order valence-corrected chi connectivity index (χ3v) is 3.61.